The van der Waals surface area contributed by atoms with E-state index in [1.54, 1.807) is 6.07 Å². The minimum Gasteiger partial charge on any atom is -0.312 e. The van der Waals surface area contributed by atoms with Gasteiger partial charge in [0, 0.05) is 5.54 Å². The molecule has 0 atom stereocenters. The first-order chi connectivity index (χ1) is 8.62. The van der Waals surface area contributed by atoms with Gasteiger partial charge < -0.3 is 5.32 Å². The maximum absolute atomic E-state index is 12.3. The molecule has 0 heterocycles. The van der Waals surface area contributed by atoms with Gasteiger partial charge in [-0.05, 0) is 64.8 Å². The van der Waals surface area contributed by atoms with Crippen LogP contribution in [-0.2, 0) is 9.84 Å². The van der Waals surface area contributed by atoms with Crippen LogP contribution >= 0.6 is 0 Å². The van der Waals surface area contributed by atoms with Gasteiger partial charge in [-0.25, -0.2) is 8.42 Å². The SMILES string of the molecule is Cc1ccc(C)c(S(=O)(=O)CCCNC(C)(C)C)c1. The van der Waals surface area contributed by atoms with Crippen LogP contribution in [-0.4, -0.2) is 26.3 Å². The molecular formula is C15H25NO2S. The van der Waals surface area contributed by atoms with Crippen molar-refractivity contribution in [1.82, 2.24) is 5.32 Å². The second kappa shape index (κ2) is 6.06. The lowest BCUT2D eigenvalue weighted by Crippen LogP contribution is -2.37. The van der Waals surface area contributed by atoms with E-state index in [2.05, 4.69) is 26.1 Å². The fourth-order valence-electron chi connectivity index (χ4n) is 1.88. The van der Waals surface area contributed by atoms with Crippen LogP contribution in [0.2, 0.25) is 0 Å². The van der Waals surface area contributed by atoms with Crippen LogP contribution in [0, 0.1) is 13.8 Å². The van der Waals surface area contributed by atoms with Gasteiger partial charge in [0.15, 0.2) is 9.84 Å². The van der Waals surface area contributed by atoms with E-state index in [-0.39, 0.29) is 11.3 Å². The number of hydrogen-bond donors (Lipinski definition) is 1. The highest BCUT2D eigenvalue weighted by molar-refractivity contribution is 7.91. The zero-order valence-electron chi connectivity index (χ0n) is 12.6. The van der Waals surface area contributed by atoms with E-state index in [9.17, 15) is 8.42 Å². The number of hydrogen-bond acceptors (Lipinski definition) is 3. The molecule has 0 bridgehead atoms. The molecule has 0 amide bonds. The topological polar surface area (TPSA) is 46.2 Å². The van der Waals surface area contributed by atoms with E-state index in [0.717, 1.165) is 11.1 Å². The van der Waals surface area contributed by atoms with E-state index in [1.807, 2.05) is 26.0 Å². The number of nitrogens with one attached hydrogen (secondary N) is 1. The Balaban J connectivity index is 2.69. The van der Waals surface area contributed by atoms with Gasteiger partial charge in [0.25, 0.3) is 0 Å². The molecule has 1 aromatic rings. The molecule has 1 N–H and O–H groups in total. The van der Waals surface area contributed by atoms with Gasteiger partial charge in [-0.1, -0.05) is 12.1 Å². The first-order valence-corrected chi connectivity index (χ1v) is 8.32. The summed E-state index contributed by atoms with van der Waals surface area (Å²) >= 11 is 0. The van der Waals surface area contributed by atoms with Crippen LogP contribution in [0.4, 0.5) is 0 Å². The van der Waals surface area contributed by atoms with Gasteiger partial charge in [0.2, 0.25) is 0 Å². The van der Waals surface area contributed by atoms with Crippen LogP contribution in [0.3, 0.4) is 0 Å². The minimum atomic E-state index is -3.17. The second-order valence-electron chi connectivity index (χ2n) is 6.12. The Morgan fingerprint density at radius 2 is 1.79 bits per heavy atom. The third-order valence-electron chi connectivity index (χ3n) is 2.92. The first kappa shape index (κ1) is 16.2. The Kier molecular flexibility index (Phi) is 5.16. The highest BCUT2D eigenvalue weighted by Gasteiger charge is 2.17. The molecule has 19 heavy (non-hydrogen) atoms. The third-order valence-corrected chi connectivity index (χ3v) is 4.86. The predicted octanol–water partition coefficient (Wildman–Crippen LogP) is 2.86. The molecule has 0 aliphatic heterocycles. The quantitative estimate of drug-likeness (QED) is 0.845. The summed E-state index contributed by atoms with van der Waals surface area (Å²) in [5.74, 6) is 0.195. The Morgan fingerprint density at radius 3 is 2.37 bits per heavy atom. The van der Waals surface area contributed by atoms with Crippen molar-refractivity contribution in [2.24, 2.45) is 0 Å². The molecule has 108 valence electrons. The third kappa shape index (κ3) is 5.33. The zero-order valence-corrected chi connectivity index (χ0v) is 13.4. The first-order valence-electron chi connectivity index (χ1n) is 6.67. The average Bonchev–Trinajstić information content (AvgIpc) is 2.26. The minimum absolute atomic E-state index is 0.0308. The zero-order chi connectivity index (χ0) is 14.7. The highest BCUT2D eigenvalue weighted by Crippen LogP contribution is 2.18. The van der Waals surface area contributed by atoms with Crippen molar-refractivity contribution in [3.63, 3.8) is 0 Å². The normalized spacial score (nSPS) is 12.7. The largest absolute Gasteiger partial charge is 0.312 e. The summed E-state index contributed by atoms with van der Waals surface area (Å²) in [6.07, 6.45) is 0.632. The molecular weight excluding hydrogens is 258 g/mol. The molecule has 0 aliphatic rings. The van der Waals surface area contributed by atoms with Crippen LogP contribution in [0.1, 0.15) is 38.3 Å². The van der Waals surface area contributed by atoms with Crippen LogP contribution in [0.15, 0.2) is 23.1 Å². The second-order valence-corrected chi connectivity index (χ2v) is 8.20. The molecule has 1 aromatic carbocycles. The van der Waals surface area contributed by atoms with Crippen molar-refractivity contribution in [2.75, 3.05) is 12.3 Å². The summed E-state index contributed by atoms with van der Waals surface area (Å²) in [4.78, 5) is 0.475. The Morgan fingerprint density at radius 1 is 1.16 bits per heavy atom. The molecule has 0 saturated heterocycles. The Bertz CT molecular complexity index is 528. The average molecular weight is 283 g/mol. The maximum atomic E-state index is 12.3. The number of aryl methyl sites for hydroxylation is 2. The van der Waals surface area contributed by atoms with Crippen LogP contribution in [0.25, 0.3) is 0 Å². The van der Waals surface area contributed by atoms with Crippen molar-refractivity contribution >= 4 is 9.84 Å². The summed E-state index contributed by atoms with van der Waals surface area (Å²) in [6, 6.07) is 5.58. The summed E-state index contributed by atoms with van der Waals surface area (Å²) in [7, 11) is -3.17. The summed E-state index contributed by atoms with van der Waals surface area (Å²) in [5.41, 5.74) is 1.84. The molecule has 0 spiro atoms. The van der Waals surface area contributed by atoms with Crippen LogP contribution in [0.5, 0.6) is 0 Å². The van der Waals surface area contributed by atoms with Crippen molar-refractivity contribution in [1.29, 1.82) is 0 Å². The lowest BCUT2D eigenvalue weighted by Gasteiger charge is -2.20. The van der Waals surface area contributed by atoms with Crippen molar-refractivity contribution in [3.8, 4) is 0 Å². The molecule has 1 rings (SSSR count). The summed E-state index contributed by atoms with van der Waals surface area (Å²) in [5, 5.41) is 3.31. The van der Waals surface area contributed by atoms with E-state index in [1.165, 1.54) is 0 Å². The Hall–Kier alpha value is -0.870. The van der Waals surface area contributed by atoms with E-state index in [0.29, 0.717) is 17.9 Å². The van der Waals surface area contributed by atoms with E-state index in [4.69, 9.17) is 0 Å². The molecule has 0 unspecified atom stereocenters. The Labute approximate surface area is 117 Å². The van der Waals surface area contributed by atoms with Gasteiger partial charge >= 0.3 is 0 Å². The number of rotatable bonds is 5. The standard InChI is InChI=1S/C15H25NO2S/c1-12-7-8-13(2)14(11-12)19(17,18)10-6-9-16-15(3,4)5/h7-8,11,16H,6,9-10H2,1-5H3. The van der Waals surface area contributed by atoms with E-state index < -0.39 is 9.84 Å². The van der Waals surface area contributed by atoms with Gasteiger partial charge in [-0.2, -0.15) is 0 Å². The molecule has 0 aromatic heterocycles. The lowest BCUT2D eigenvalue weighted by atomic mass is 10.1. The lowest BCUT2D eigenvalue weighted by molar-refractivity contribution is 0.426. The fourth-order valence-corrected chi connectivity index (χ4v) is 3.55. The molecule has 3 nitrogen and oxygen atoms in total. The number of benzene rings is 1. The van der Waals surface area contributed by atoms with Gasteiger partial charge in [0.1, 0.15) is 0 Å². The molecule has 0 fully saturated rings. The highest BCUT2D eigenvalue weighted by atomic mass is 32.2. The number of sulfone groups is 1. The summed E-state index contributed by atoms with van der Waals surface area (Å²) < 4.78 is 24.6. The van der Waals surface area contributed by atoms with Gasteiger partial charge in [0.05, 0.1) is 10.6 Å². The summed E-state index contributed by atoms with van der Waals surface area (Å²) in [6.45, 7) is 10.7. The van der Waals surface area contributed by atoms with Crippen LogP contribution < -0.4 is 5.32 Å². The van der Waals surface area contributed by atoms with Crippen molar-refractivity contribution in [3.05, 3.63) is 29.3 Å². The van der Waals surface area contributed by atoms with Crippen molar-refractivity contribution in [2.45, 2.75) is 51.5 Å². The fraction of sp³-hybridized carbons (Fsp3) is 0.600. The molecule has 0 radical (unpaired) electrons. The molecule has 4 heteroatoms. The van der Waals surface area contributed by atoms with E-state index >= 15 is 0 Å². The molecule has 0 aliphatic carbocycles. The van der Waals surface area contributed by atoms with Gasteiger partial charge in [-0.15, -0.1) is 0 Å². The molecule has 0 saturated carbocycles. The maximum Gasteiger partial charge on any atom is 0.178 e. The van der Waals surface area contributed by atoms with Gasteiger partial charge in [-0.3, -0.25) is 0 Å². The monoisotopic (exact) mass is 283 g/mol. The van der Waals surface area contributed by atoms with Crippen molar-refractivity contribution < 1.29 is 8.42 Å². The smallest absolute Gasteiger partial charge is 0.178 e. The predicted molar refractivity (Wildman–Crippen MR) is 80.3 cm³/mol.